The zero-order valence-corrected chi connectivity index (χ0v) is 28.1. The number of fused-ring (bicyclic) bond motifs is 3. The predicted octanol–water partition coefficient (Wildman–Crippen LogP) is 6.62. The first-order valence-corrected chi connectivity index (χ1v) is 17.4. The Morgan fingerprint density at radius 2 is 1.83 bits per heavy atom. The van der Waals surface area contributed by atoms with Crippen molar-refractivity contribution in [1.82, 2.24) is 14.5 Å². The molecule has 232 valence electrons. The van der Waals surface area contributed by atoms with Gasteiger partial charge < -0.3 is 14.1 Å². The van der Waals surface area contributed by atoms with Crippen molar-refractivity contribution in [1.29, 1.82) is 0 Å². The van der Waals surface area contributed by atoms with Crippen LogP contribution in [-0.4, -0.2) is 40.6 Å². The molecule has 7 rings (SSSR count). The van der Waals surface area contributed by atoms with Crippen LogP contribution in [0.15, 0.2) is 108 Å². The normalized spacial score (nSPS) is 15.0. The molecule has 0 spiro atoms. The average molecular weight is 667 g/mol. The van der Waals surface area contributed by atoms with Crippen LogP contribution in [0.1, 0.15) is 38.1 Å². The molecule has 3 aromatic heterocycles. The Hall–Kier alpha value is -4.45. The number of carbonyl (C=O) groups excluding carboxylic acids is 1. The van der Waals surface area contributed by atoms with E-state index in [4.69, 9.17) is 14.1 Å². The van der Waals surface area contributed by atoms with E-state index >= 15 is 0 Å². The molecule has 8 nitrogen and oxygen atoms in total. The number of amides is 1. The van der Waals surface area contributed by atoms with Crippen molar-refractivity contribution in [2.24, 2.45) is 4.99 Å². The number of likely N-dealkylation sites (N-methyl/N-ethyl adjacent to an activating group) is 1. The fourth-order valence-electron chi connectivity index (χ4n) is 5.86. The number of nitrogens with zero attached hydrogens (tertiary/aromatic N) is 4. The van der Waals surface area contributed by atoms with E-state index in [9.17, 15) is 9.59 Å². The molecule has 1 atom stereocenters. The molecule has 4 heterocycles. The van der Waals surface area contributed by atoms with Crippen LogP contribution < -0.4 is 19.6 Å². The first-order valence-electron chi connectivity index (χ1n) is 14.9. The smallest absolute Gasteiger partial charge is 0.271 e. The summed E-state index contributed by atoms with van der Waals surface area (Å²) in [4.78, 5) is 40.3. The molecule has 11 heteroatoms. The molecule has 1 aliphatic heterocycles. The molecule has 0 N–H and O–H groups in total. The minimum atomic E-state index is -0.741. The highest BCUT2D eigenvalue weighted by molar-refractivity contribution is 8.01. The number of allylic oxidation sites excluding steroid dienone is 1. The lowest BCUT2D eigenvalue weighted by molar-refractivity contribution is -0.127. The minimum Gasteiger partial charge on any atom is -0.496 e. The largest absolute Gasteiger partial charge is 0.496 e. The summed E-state index contributed by atoms with van der Waals surface area (Å²) in [5.74, 6) is 0.992. The molecular weight excluding hydrogens is 637 g/mol. The lowest BCUT2D eigenvalue weighted by Crippen LogP contribution is -2.43. The van der Waals surface area contributed by atoms with Crippen LogP contribution in [0.25, 0.3) is 27.1 Å². The monoisotopic (exact) mass is 666 g/mol. The van der Waals surface area contributed by atoms with Gasteiger partial charge in [0.2, 0.25) is 0 Å². The van der Waals surface area contributed by atoms with Gasteiger partial charge in [0.25, 0.3) is 11.5 Å². The molecule has 0 fully saturated rings. The number of hydrogen-bond acceptors (Lipinski definition) is 9. The van der Waals surface area contributed by atoms with Crippen LogP contribution in [0.5, 0.6) is 5.75 Å². The number of para-hydroxylation sites is 1. The quantitative estimate of drug-likeness (QED) is 0.182. The molecule has 0 saturated carbocycles. The number of thiazole rings is 2. The van der Waals surface area contributed by atoms with Gasteiger partial charge in [0.15, 0.2) is 14.2 Å². The van der Waals surface area contributed by atoms with Crippen LogP contribution in [0.2, 0.25) is 0 Å². The van der Waals surface area contributed by atoms with Crippen LogP contribution in [0, 0.1) is 0 Å². The lowest BCUT2D eigenvalue weighted by Gasteiger charge is -2.30. The second-order valence-electron chi connectivity index (χ2n) is 10.7. The van der Waals surface area contributed by atoms with Crippen molar-refractivity contribution >= 4 is 67.4 Å². The van der Waals surface area contributed by atoms with Gasteiger partial charge in [-0.15, -0.1) is 11.3 Å². The van der Waals surface area contributed by atoms with Crippen molar-refractivity contribution in [2.45, 2.75) is 36.2 Å². The van der Waals surface area contributed by atoms with Gasteiger partial charge in [-0.1, -0.05) is 53.8 Å². The minimum absolute atomic E-state index is 0.150. The maximum Gasteiger partial charge on any atom is 0.271 e. The fourth-order valence-corrected chi connectivity index (χ4v) is 8.86. The van der Waals surface area contributed by atoms with Gasteiger partial charge in [0.05, 0.1) is 33.1 Å². The van der Waals surface area contributed by atoms with Gasteiger partial charge in [0, 0.05) is 24.7 Å². The second kappa shape index (κ2) is 12.4. The number of methoxy groups -OCH3 is 1. The molecule has 0 aliphatic carbocycles. The van der Waals surface area contributed by atoms with Gasteiger partial charge in [-0.2, -0.15) is 0 Å². The topological polar surface area (TPSA) is 89.9 Å². The van der Waals surface area contributed by atoms with Crippen LogP contribution in [0.3, 0.4) is 0 Å². The van der Waals surface area contributed by atoms with Crippen molar-refractivity contribution in [3.8, 4) is 5.75 Å². The zero-order chi connectivity index (χ0) is 31.9. The highest BCUT2D eigenvalue weighted by Crippen LogP contribution is 2.41. The summed E-state index contributed by atoms with van der Waals surface area (Å²) in [6, 6.07) is 22.8. The summed E-state index contributed by atoms with van der Waals surface area (Å²) in [5, 5.41) is 2.57. The molecule has 1 amide bonds. The number of rotatable bonds is 8. The van der Waals surface area contributed by atoms with Crippen molar-refractivity contribution in [3.63, 3.8) is 0 Å². The Kier molecular flexibility index (Phi) is 8.14. The van der Waals surface area contributed by atoms with Crippen molar-refractivity contribution < 1.29 is 13.9 Å². The first kappa shape index (κ1) is 30.2. The van der Waals surface area contributed by atoms with Gasteiger partial charge >= 0.3 is 0 Å². The third-order valence-electron chi connectivity index (χ3n) is 8.06. The summed E-state index contributed by atoms with van der Waals surface area (Å²) >= 11 is 4.34. The molecule has 3 aromatic carbocycles. The molecule has 0 saturated heterocycles. The molecule has 6 aromatic rings. The number of ether oxygens (including phenoxy) is 1. The third-order valence-corrected chi connectivity index (χ3v) is 11.1. The summed E-state index contributed by atoms with van der Waals surface area (Å²) < 4.78 is 16.1. The number of hydrogen-bond donors (Lipinski definition) is 0. The molecule has 0 radical (unpaired) electrons. The van der Waals surface area contributed by atoms with Crippen LogP contribution >= 0.6 is 34.4 Å². The molecule has 1 aliphatic rings. The number of carbonyl (C=O) groups is 1. The van der Waals surface area contributed by atoms with E-state index in [0.717, 1.165) is 30.9 Å². The standard InChI is InChI=1S/C35H30N4O4S3/c1-5-38(6-2)33(41)29-20(3)36-34-39(31(29)30-23-12-8-7-11-21(23)15-17-25(30)42-4)32(40)27(44-34)19-22-16-18-28(43-22)46-35-37-24-13-9-10-14-26(24)45-35/h7-19,31H,5-6H2,1-4H3/b27-19+/t31-/m0/s1. The van der Waals surface area contributed by atoms with E-state index in [0.29, 0.717) is 50.3 Å². The molecule has 46 heavy (non-hydrogen) atoms. The SMILES string of the molecule is CCN(CC)C(=O)C1=C(C)N=c2s/c(=C/c3ccc(Sc4nc5ccccc5s4)o3)c(=O)n2[C@@H]1c1c(OC)ccc2ccccc12. The number of benzene rings is 3. The highest BCUT2D eigenvalue weighted by Gasteiger charge is 2.36. The maximum atomic E-state index is 14.4. The van der Waals surface area contributed by atoms with Gasteiger partial charge in [-0.05, 0) is 73.6 Å². The third kappa shape index (κ3) is 5.28. The number of furan rings is 1. The Labute approximate surface area is 277 Å². The van der Waals surface area contributed by atoms with Gasteiger partial charge in [0.1, 0.15) is 17.6 Å². The van der Waals surface area contributed by atoms with E-state index in [-0.39, 0.29) is 11.5 Å². The molecule has 0 unspecified atom stereocenters. The van der Waals surface area contributed by atoms with E-state index in [1.54, 1.807) is 34.0 Å². The summed E-state index contributed by atoms with van der Waals surface area (Å²) in [6.45, 7) is 6.81. The Morgan fingerprint density at radius 1 is 1.04 bits per heavy atom. The fraction of sp³-hybridized carbons (Fsp3) is 0.200. The molecule has 0 bridgehead atoms. The average Bonchev–Trinajstić information content (AvgIpc) is 3.77. The highest BCUT2D eigenvalue weighted by atomic mass is 32.2. The summed E-state index contributed by atoms with van der Waals surface area (Å²) in [6.07, 6.45) is 1.74. The zero-order valence-electron chi connectivity index (χ0n) is 25.6. The van der Waals surface area contributed by atoms with Gasteiger partial charge in [-0.25, -0.2) is 9.98 Å². The second-order valence-corrected chi connectivity index (χ2v) is 14.0. The van der Waals surface area contributed by atoms with Crippen molar-refractivity contribution in [3.05, 3.63) is 115 Å². The Balaban J connectivity index is 1.36. The Bertz CT molecular complexity index is 2310. The Morgan fingerprint density at radius 3 is 2.61 bits per heavy atom. The van der Waals surface area contributed by atoms with E-state index in [1.807, 2.05) is 93.6 Å². The maximum absolute atomic E-state index is 14.4. The van der Waals surface area contributed by atoms with Crippen molar-refractivity contribution in [2.75, 3.05) is 20.2 Å². The van der Waals surface area contributed by atoms with Crippen LogP contribution in [0.4, 0.5) is 0 Å². The van der Waals surface area contributed by atoms with E-state index in [1.165, 1.54) is 23.1 Å². The van der Waals surface area contributed by atoms with E-state index < -0.39 is 6.04 Å². The molecular formula is C35H30N4O4S3. The van der Waals surface area contributed by atoms with E-state index in [2.05, 4.69) is 4.98 Å². The first-order chi connectivity index (χ1) is 22.4. The summed E-state index contributed by atoms with van der Waals surface area (Å²) in [5.41, 5.74) is 2.50. The predicted molar refractivity (Wildman–Crippen MR) is 185 cm³/mol. The van der Waals surface area contributed by atoms with Crippen LogP contribution in [-0.2, 0) is 4.79 Å². The lowest BCUT2D eigenvalue weighted by atomic mass is 9.90. The van der Waals surface area contributed by atoms with Gasteiger partial charge in [-0.3, -0.25) is 14.2 Å². The number of aromatic nitrogens is 2. The summed E-state index contributed by atoms with van der Waals surface area (Å²) in [7, 11) is 1.61.